The summed E-state index contributed by atoms with van der Waals surface area (Å²) in [6, 6.07) is 4.02. The monoisotopic (exact) mass is 436 g/mol. The topological polar surface area (TPSA) is 63.2 Å². The van der Waals surface area contributed by atoms with Crippen molar-refractivity contribution in [3.05, 3.63) is 29.8 Å². The van der Waals surface area contributed by atoms with Crippen molar-refractivity contribution < 1.29 is 13.6 Å². The fourth-order valence-corrected chi connectivity index (χ4v) is 4.42. The molecule has 0 aromatic heterocycles. The van der Waals surface area contributed by atoms with Crippen molar-refractivity contribution in [1.82, 2.24) is 20.4 Å². The van der Waals surface area contributed by atoms with Gasteiger partial charge in [0.15, 0.2) is 5.96 Å². The van der Waals surface area contributed by atoms with Crippen LogP contribution in [-0.2, 0) is 4.79 Å². The van der Waals surface area contributed by atoms with Crippen molar-refractivity contribution in [2.45, 2.75) is 37.8 Å². The first-order valence-electron chi connectivity index (χ1n) is 11.0. The van der Waals surface area contributed by atoms with Gasteiger partial charge in [-0.25, -0.2) is 8.78 Å². The average Bonchev–Trinajstić information content (AvgIpc) is 3.39. The van der Waals surface area contributed by atoms with E-state index in [4.69, 9.17) is 0 Å². The minimum absolute atomic E-state index is 0.00399. The Labute approximate surface area is 183 Å². The predicted octanol–water partition coefficient (Wildman–Crippen LogP) is 1.65. The molecule has 2 saturated heterocycles. The number of aliphatic imine (C=N–C) groups is 1. The summed E-state index contributed by atoms with van der Waals surface area (Å²) in [4.78, 5) is 22.2. The van der Waals surface area contributed by atoms with E-state index in [2.05, 4.69) is 20.5 Å². The number of likely N-dealkylation sites (tertiary alicyclic amines) is 1. The Balaban J connectivity index is 1.42. The predicted molar refractivity (Wildman–Crippen MR) is 119 cm³/mol. The molecule has 1 aromatic carbocycles. The van der Waals surface area contributed by atoms with Crippen molar-refractivity contribution in [2.24, 2.45) is 4.99 Å². The maximum atomic E-state index is 14.0. The van der Waals surface area contributed by atoms with Gasteiger partial charge in [-0.1, -0.05) is 6.07 Å². The van der Waals surface area contributed by atoms with E-state index < -0.39 is 11.6 Å². The van der Waals surface area contributed by atoms with Crippen molar-refractivity contribution in [3.63, 3.8) is 0 Å². The molecular weight excluding hydrogens is 402 g/mol. The number of para-hydroxylation sites is 1. The fourth-order valence-electron chi connectivity index (χ4n) is 4.42. The molecule has 172 valence electrons. The van der Waals surface area contributed by atoms with Crippen molar-refractivity contribution in [2.75, 3.05) is 58.8 Å². The molecule has 3 rings (SSSR count). The van der Waals surface area contributed by atoms with Gasteiger partial charge >= 0.3 is 0 Å². The van der Waals surface area contributed by atoms with Crippen LogP contribution >= 0.6 is 0 Å². The van der Waals surface area contributed by atoms with Crippen LogP contribution in [0.2, 0.25) is 0 Å². The summed E-state index contributed by atoms with van der Waals surface area (Å²) in [6.45, 7) is 3.65. The second kappa shape index (κ2) is 10.7. The van der Waals surface area contributed by atoms with E-state index in [0.29, 0.717) is 19.0 Å². The number of halogens is 2. The molecule has 9 heteroatoms. The standard InChI is InChI=1S/C22H34F2N6O/c1-25-22(26-11-6-13-29-12-5-9-19(29)21(31)28(2)3)27-16-10-14-30(15-16)20-17(23)7-4-8-18(20)24/h4,7-8,16,19H,5-6,9-15H2,1-3H3,(H2,25,26,27). The second-order valence-corrected chi connectivity index (χ2v) is 8.43. The molecule has 2 aliphatic heterocycles. The quantitative estimate of drug-likeness (QED) is 0.387. The minimum atomic E-state index is -0.531. The van der Waals surface area contributed by atoms with Gasteiger partial charge in [-0.05, 0) is 44.4 Å². The van der Waals surface area contributed by atoms with Gasteiger partial charge in [-0.2, -0.15) is 0 Å². The van der Waals surface area contributed by atoms with Crippen LogP contribution in [0.4, 0.5) is 14.5 Å². The molecule has 0 spiro atoms. The third kappa shape index (κ3) is 5.84. The minimum Gasteiger partial charge on any atom is -0.365 e. The van der Waals surface area contributed by atoms with Crippen LogP contribution < -0.4 is 15.5 Å². The number of hydrogen-bond acceptors (Lipinski definition) is 4. The van der Waals surface area contributed by atoms with Gasteiger partial charge in [0.1, 0.15) is 17.3 Å². The Morgan fingerprint density at radius 1 is 1.23 bits per heavy atom. The fraction of sp³-hybridized carbons (Fsp3) is 0.636. The highest BCUT2D eigenvalue weighted by Crippen LogP contribution is 2.26. The van der Waals surface area contributed by atoms with E-state index in [0.717, 1.165) is 45.3 Å². The Morgan fingerprint density at radius 2 is 1.97 bits per heavy atom. The van der Waals surface area contributed by atoms with E-state index in [-0.39, 0.29) is 23.7 Å². The van der Waals surface area contributed by atoms with Gasteiger partial charge < -0.3 is 20.4 Å². The molecule has 0 bridgehead atoms. The smallest absolute Gasteiger partial charge is 0.239 e. The maximum absolute atomic E-state index is 14.0. The SMILES string of the molecule is CN=C(NCCCN1CCCC1C(=O)N(C)C)NC1CCN(c2c(F)cccc2F)C1. The molecule has 1 aromatic rings. The Morgan fingerprint density at radius 3 is 2.65 bits per heavy atom. The lowest BCUT2D eigenvalue weighted by Gasteiger charge is -2.26. The lowest BCUT2D eigenvalue weighted by atomic mass is 10.2. The Bertz CT molecular complexity index is 767. The first kappa shape index (κ1) is 23.2. The number of nitrogens with zero attached hydrogens (tertiary/aromatic N) is 4. The number of nitrogens with one attached hydrogen (secondary N) is 2. The van der Waals surface area contributed by atoms with E-state index in [9.17, 15) is 13.6 Å². The third-order valence-electron chi connectivity index (χ3n) is 6.01. The van der Waals surface area contributed by atoms with E-state index in [1.54, 1.807) is 30.9 Å². The summed E-state index contributed by atoms with van der Waals surface area (Å²) in [5, 5.41) is 6.67. The van der Waals surface area contributed by atoms with E-state index >= 15 is 0 Å². The van der Waals surface area contributed by atoms with Crippen LogP contribution in [0.3, 0.4) is 0 Å². The molecule has 2 heterocycles. The second-order valence-electron chi connectivity index (χ2n) is 8.43. The summed E-state index contributed by atoms with van der Waals surface area (Å²) in [6.07, 6.45) is 3.65. The zero-order chi connectivity index (χ0) is 22.4. The van der Waals surface area contributed by atoms with Crippen LogP contribution in [0.15, 0.2) is 23.2 Å². The van der Waals surface area contributed by atoms with Gasteiger partial charge in [-0.15, -0.1) is 0 Å². The molecular formula is C22H34F2N6O. The van der Waals surface area contributed by atoms with E-state index in [1.807, 2.05) is 0 Å². The molecule has 2 aliphatic rings. The molecule has 2 N–H and O–H groups in total. The summed E-state index contributed by atoms with van der Waals surface area (Å²) < 4.78 is 28.1. The van der Waals surface area contributed by atoms with Crippen molar-refractivity contribution in [3.8, 4) is 0 Å². The molecule has 31 heavy (non-hydrogen) atoms. The van der Waals surface area contributed by atoms with Crippen LogP contribution in [0, 0.1) is 11.6 Å². The summed E-state index contributed by atoms with van der Waals surface area (Å²) >= 11 is 0. The number of rotatable bonds is 7. The highest BCUT2D eigenvalue weighted by Gasteiger charge is 2.31. The highest BCUT2D eigenvalue weighted by molar-refractivity contribution is 5.81. The zero-order valence-corrected chi connectivity index (χ0v) is 18.7. The maximum Gasteiger partial charge on any atom is 0.239 e. The number of guanidine groups is 1. The number of hydrogen-bond donors (Lipinski definition) is 2. The summed E-state index contributed by atoms with van der Waals surface area (Å²) in [5.74, 6) is -0.199. The first-order valence-corrected chi connectivity index (χ1v) is 11.0. The third-order valence-corrected chi connectivity index (χ3v) is 6.01. The molecule has 2 fully saturated rings. The van der Waals surface area contributed by atoms with E-state index in [1.165, 1.54) is 18.2 Å². The van der Waals surface area contributed by atoms with Gasteiger partial charge in [0, 0.05) is 53.4 Å². The van der Waals surface area contributed by atoms with Gasteiger partial charge in [0.25, 0.3) is 0 Å². The summed E-state index contributed by atoms with van der Waals surface area (Å²) in [7, 11) is 5.33. The molecule has 2 atom stereocenters. The van der Waals surface area contributed by atoms with Crippen LogP contribution in [0.1, 0.15) is 25.7 Å². The number of carbonyl (C=O) groups is 1. The lowest BCUT2D eigenvalue weighted by Crippen LogP contribution is -2.46. The van der Waals surface area contributed by atoms with Gasteiger partial charge in [0.05, 0.1) is 6.04 Å². The van der Waals surface area contributed by atoms with Crippen LogP contribution in [0.25, 0.3) is 0 Å². The molecule has 7 nitrogen and oxygen atoms in total. The molecule has 0 aliphatic carbocycles. The van der Waals surface area contributed by atoms with Crippen molar-refractivity contribution in [1.29, 1.82) is 0 Å². The number of benzene rings is 1. The number of amides is 1. The molecule has 0 saturated carbocycles. The first-order chi connectivity index (χ1) is 14.9. The Kier molecular flexibility index (Phi) is 8.06. The summed E-state index contributed by atoms with van der Waals surface area (Å²) in [5.41, 5.74) is 0.0437. The zero-order valence-electron chi connectivity index (χ0n) is 18.7. The van der Waals surface area contributed by atoms with Crippen LogP contribution in [0.5, 0.6) is 0 Å². The number of anilines is 1. The average molecular weight is 437 g/mol. The van der Waals surface area contributed by atoms with Crippen molar-refractivity contribution >= 4 is 17.6 Å². The van der Waals surface area contributed by atoms with Gasteiger partial charge in [0.2, 0.25) is 5.91 Å². The molecule has 2 unspecified atom stereocenters. The normalized spacial score (nSPS) is 22.1. The highest BCUT2D eigenvalue weighted by atomic mass is 19.1. The van der Waals surface area contributed by atoms with Crippen LogP contribution in [-0.4, -0.2) is 87.6 Å². The largest absolute Gasteiger partial charge is 0.365 e. The Hall–Kier alpha value is -2.42. The molecule has 0 radical (unpaired) electrons. The lowest BCUT2D eigenvalue weighted by molar-refractivity contribution is -0.133. The van der Waals surface area contributed by atoms with Gasteiger partial charge in [-0.3, -0.25) is 14.7 Å². The molecule has 1 amide bonds. The number of carbonyl (C=O) groups excluding carboxylic acids is 1. The number of likely N-dealkylation sites (N-methyl/N-ethyl adjacent to an activating group) is 1.